The summed E-state index contributed by atoms with van der Waals surface area (Å²) in [6, 6.07) is 9.59. The van der Waals surface area contributed by atoms with Crippen molar-refractivity contribution in [1.29, 1.82) is 0 Å². The van der Waals surface area contributed by atoms with Crippen LogP contribution in [0.15, 0.2) is 29.3 Å². The fourth-order valence-corrected chi connectivity index (χ4v) is 3.14. The summed E-state index contributed by atoms with van der Waals surface area (Å²) in [4.78, 5) is 6.91. The van der Waals surface area contributed by atoms with E-state index in [2.05, 4.69) is 65.6 Å². The zero-order chi connectivity index (χ0) is 18.2. The zero-order valence-electron chi connectivity index (χ0n) is 16.4. The second-order valence-electron chi connectivity index (χ2n) is 7.16. The summed E-state index contributed by atoms with van der Waals surface area (Å²) in [5.74, 6) is 1.50. The third-order valence-electron chi connectivity index (χ3n) is 4.87. The lowest BCUT2D eigenvalue weighted by atomic mass is 10.1. The zero-order valence-corrected chi connectivity index (χ0v) is 16.4. The molecule has 2 atom stereocenters. The molecule has 1 aromatic rings. The van der Waals surface area contributed by atoms with E-state index >= 15 is 0 Å². The van der Waals surface area contributed by atoms with Gasteiger partial charge in [0.15, 0.2) is 5.96 Å². The number of nitrogens with one attached hydrogen (secondary N) is 2. The fourth-order valence-electron chi connectivity index (χ4n) is 3.14. The van der Waals surface area contributed by atoms with Crippen molar-refractivity contribution in [2.75, 3.05) is 26.7 Å². The Hall–Kier alpha value is -1.59. The molecule has 0 radical (unpaired) electrons. The van der Waals surface area contributed by atoms with Crippen molar-refractivity contribution >= 4 is 5.96 Å². The van der Waals surface area contributed by atoms with Gasteiger partial charge in [-0.1, -0.05) is 31.2 Å². The molecule has 0 aliphatic carbocycles. The van der Waals surface area contributed by atoms with Crippen molar-refractivity contribution < 1.29 is 4.74 Å². The number of rotatable bonds is 7. The maximum atomic E-state index is 5.44. The first-order chi connectivity index (χ1) is 12.0. The van der Waals surface area contributed by atoms with Gasteiger partial charge in [-0.2, -0.15) is 0 Å². The molecule has 1 aliphatic rings. The van der Waals surface area contributed by atoms with Crippen molar-refractivity contribution in [3.05, 3.63) is 35.4 Å². The maximum Gasteiger partial charge on any atom is 0.191 e. The van der Waals surface area contributed by atoms with Gasteiger partial charge in [0.2, 0.25) is 0 Å². The number of ether oxygens (including phenoxy) is 1. The normalized spacial score (nSPS) is 21.8. The predicted molar refractivity (Wildman–Crippen MR) is 105 cm³/mol. The Morgan fingerprint density at radius 2 is 1.92 bits per heavy atom. The van der Waals surface area contributed by atoms with Gasteiger partial charge >= 0.3 is 0 Å². The van der Waals surface area contributed by atoms with E-state index in [1.54, 1.807) is 0 Å². The summed E-state index contributed by atoms with van der Waals surface area (Å²) >= 11 is 0. The van der Waals surface area contributed by atoms with Crippen LogP contribution in [0.1, 0.15) is 38.8 Å². The van der Waals surface area contributed by atoms with Crippen LogP contribution in [-0.4, -0.2) is 49.7 Å². The summed E-state index contributed by atoms with van der Waals surface area (Å²) in [6.07, 6.45) is 0. The molecule has 5 nitrogen and oxygen atoms in total. The van der Waals surface area contributed by atoms with Gasteiger partial charge in [-0.15, -0.1) is 0 Å². The predicted octanol–water partition coefficient (Wildman–Crippen LogP) is 2.62. The van der Waals surface area contributed by atoms with Crippen molar-refractivity contribution in [2.24, 2.45) is 10.9 Å². The van der Waals surface area contributed by atoms with Crippen LogP contribution in [0.25, 0.3) is 0 Å². The first kappa shape index (κ1) is 19.7. The van der Waals surface area contributed by atoms with Crippen LogP contribution < -0.4 is 10.6 Å². The van der Waals surface area contributed by atoms with Crippen LogP contribution in [0.2, 0.25) is 0 Å². The van der Waals surface area contributed by atoms with E-state index < -0.39 is 0 Å². The first-order valence-corrected chi connectivity index (χ1v) is 9.40. The van der Waals surface area contributed by atoms with Crippen molar-refractivity contribution in [1.82, 2.24) is 15.5 Å². The van der Waals surface area contributed by atoms with Crippen molar-refractivity contribution in [3.63, 3.8) is 0 Å². The molecule has 1 fully saturated rings. The Kier molecular flexibility index (Phi) is 7.72. The molecule has 1 heterocycles. The van der Waals surface area contributed by atoms with Crippen LogP contribution in [0, 0.1) is 5.92 Å². The van der Waals surface area contributed by atoms with Crippen molar-refractivity contribution in [2.45, 2.75) is 52.9 Å². The van der Waals surface area contributed by atoms with Gasteiger partial charge in [0.25, 0.3) is 0 Å². The standard InChI is InChI=1S/C20H34N4O/c1-6-25-14-18-9-7-17(8-10-18)11-22-20(21-5)23-19-13-24(15(2)3)12-16(19)4/h7-10,15-16,19H,6,11-14H2,1-5H3,(H2,21,22,23). The highest BCUT2D eigenvalue weighted by atomic mass is 16.5. The van der Waals surface area contributed by atoms with Crippen molar-refractivity contribution in [3.8, 4) is 0 Å². The third kappa shape index (κ3) is 6.01. The smallest absolute Gasteiger partial charge is 0.191 e. The largest absolute Gasteiger partial charge is 0.377 e. The molecule has 1 saturated heterocycles. The van der Waals surface area contributed by atoms with Crippen LogP contribution in [0.4, 0.5) is 0 Å². The molecule has 0 bridgehead atoms. The van der Waals surface area contributed by atoms with Gasteiger partial charge in [0.05, 0.1) is 6.61 Å². The summed E-state index contributed by atoms with van der Waals surface area (Å²) in [5, 5.41) is 7.02. The molecule has 140 valence electrons. The van der Waals surface area contributed by atoms with Crippen LogP contribution in [-0.2, 0) is 17.9 Å². The number of hydrogen-bond acceptors (Lipinski definition) is 3. The van der Waals surface area contributed by atoms with Gasteiger partial charge < -0.3 is 15.4 Å². The number of benzene rings is 1. The molecule has 0 saturated carbocycles. The molecule has 25 heavy (non-hydrogen) atoms. The highest BCUT2D eigenvalue weighted by Gasteiger charge is 2.31. The molecular formula is C20H34N4O. The van der Waals surface area contributed by atoms with Gasteiger partial charge in [-0.3, -0.25) is 9.89 Å². The minimum absolute atomic E-state index is 0.446. The summed E-state index contributed by atoms with van der Waals surface area (Å²) in [7, 11) is 1.83. The third-order valence-corrected chi connectivity index (χ3v) is 4.87. The van der Waals surface area contributed by atoms with Crippen LogP contribution >= 0.6 is 0 Å². The quantitative estimate of drug-likeness (QED) is 0.589. The number of nitrogens with zero attached hydrogens (tertiary/aromatic N) is 2. The number of hydrogen-bond donors (Lipinski definition) is 2. The number of aliphatic imine (C=N–C) groups is 1. The first-order valence-electron chi connectivity index (χ1n) is 9.40. The number of likely N-dealkylation sites (tertiary alicyclic amines) is 1. The van der Waals surface area contributed by atoms with E-state index in [0.717, 1.165) is 32.2 Å². The molecule has 0 spiro atoms. The van der Waals surface area contributed by atoms with E-state index in [-0.39, 0.29) is 0 Å². The summed E-state index contributed by atoms with van der Waals surface area (Å²) in [6.45, 7) is 13.3. The average molecular weight is 347 g/mol. The molecule has 2 unspecified atom stereocenters. The van der Waals surface area contributed by atoms with Gasteiger partial charge in [-0.05, 0) is 37.8 Å². The lowest BCUT2D eigenvalue weighted by Crippen LogP contribution is -2.46. The van der Waals surface area contributed by atoms with E-state index in [9.17, 15) is 0 Å². The van der Waals surface area contributed by atoms with Gasteiger partial charge in [0.1, 0.15) is 0 Å². The summed E-state index contributed by atoms with van der Waals surface area (Å²) in [5.41, 5.74) is 2.45. The molecule has 2 rings (SSSR count). The Morgan fingerprint density at radius 3 is 2.48 bits per heavy atom. The van der Waals surface area contributed by atoms with Crippen LogP contribution in [0.5, 0.6) is 0 Å². The fraction of sp³-hybridized carbons (Fsp3) is 0.650. The molecule has 1 aromatic carbocycles. The lowest BCUT2D eigenvalue weighted by Gasteiger charge is -2.22. The molecular weight excluding hydrogens is 312 g/mol. The topological polar surface area (TPSA) is 48.9 Å². The second kappa shape index (κ2) is 9.78. The monoisotopic (exact) mass is 346 g/mol. The Labute approximate surface area is 152 Å². The summed E-state index contributed by atoms with van der Waals surface area (Å²) < 4.78 is 5.44. The minimum Gasteiger partial charge on any atom is -0.377 e. The van der Waals surface area contributed by atoms with E-state index in [0.29, 0.717) is 24.6 Å². The highest BCUT2D eigenvalue weighted by molar-refractivity contribution is 5.80. The van der Waals surface area contributed by atoms with E-state index in [1.807, 2.05) is 14.0 Å². The van der Waals surface area contributed by atoms with E-state index in [1.165, 1.54) is 11.1 Å². The lowest BCUT2D eigenvalue weighted by molar-refractivity contribution is 0.134. The SMILES string of the molecule is CCOCc1ccc(CNC(=NC)NC2CN(C(C)C)CC2C)cc1. The van der Waals surface area contributed by atoms with Gasteiger partial charge in [0, 0.05) is 45.4 Å². The minimum atomic E-state index is 0.446. The van der Waals surface area contributed by atoms with Gasteiger partial charge in [-0.25, -0.2) is 0 Å². The molecule has 0 amide bonds. The molecule has 0 aromatic heterocycles. The second-order valence-corrected chi connectivity index (χ2v) is 7.16. The van der Waals surface area contributed by atoms with E-state index in [4.69, 9.17) is 4.74 Å². The molecule has 2 N–H and O–H groups in total. The Balaban J connectivity index is 1.82. The maximum absolute atomic E-state index is 5.44. The van der Waals surface area contributed by atoms with Crippen LogP contribution in [0.3, 0.4) is 0 Å². The Bertz CT molecular complexity index is 541. The average Bonchev–Trinajstić information content (AvgIpc) is 2.98. The highest BCUT2D eigenvalue weighted by Crippen LogP contribution is 2.18. The Morgan fingerprint density at radius 1 is 1.24 bits per heavy atom. The molecule has 1 aliphatic heterocycles. The number of guanidine groups is 1. The molecule has 5 heteroatoms.